The van der Waals surface area contributed by atoms with E-state index in [4.69, 9.17) is 6.57 Å². The summed E-state index contributed by atoms with van der Waals surface area (Å²) in [6.45, 7) is 13.3. The van der Waals surface area contributed by atoms with E-state index < -0.39 is 0 Å². The Bertz CT molecular complexity index is 1700. The van der Waals surface area contributed by atoms with Crippen LogP contribution < -0.4 is 10.9 Å². The second-order valence-corrected chi connectivity index (χ2v) is 8.83. The minimum atomic E-state index is -0.330. The minimum Gasteiger partial charge on any atom is -0.371 e. The van der Waals surface area contributed by atoms with E-state index in [1.165, 1.54) is 6.20 Å². The quantitative estimate of drug-likeness (QED) is 0.280. The van der Waals surface area contributed by atoms with Gasteiger partial charge >= 0.3 is 0 Å². The summed E-state index contributed by atoms with van der Waals surface area (Å²) >= 11 is 0. The lowest BCUT2D eigenvalue weighted by Crippen LogP contribution is -2.26. The standard InChI is InChI=1S/C30H26N6O/c1-5-23-16-21(14-15-32-23)25-13-9-10-22-17-27(19(2)34-29-26(31-4)18-33-20(3)35-29)36(30(37)28(22)25)24-11-7-6-8-12-24/h6-19H,5H2,1-3H3,(H,33,34,35)/t19-/m0/s1. The molecule has 7 heteroatoms. The zero-order chi connectivity index (χ0) is 25.9. The first-order chi connectivity index (χ1) is 18.0. The van der Waals surface area contributed by atoms with Gasteiger partial charge in [0.1, 0.15) is 11.6 Å². The van der Waals surface area contributed by atoms with Crippen molar-refractivity contribution in [1.29, 1.82) is 0 Å². The summed E-state index contributed by atoms with van der Waals surface area (Å²) in [5.74, 6) is 1.01. The molecule has 0 saturated carbocycles. The largest absolute Gasteiger partial charge is 0.371 e. The lowest BCUT2D eigenvalue weighted by atomic mass is 9.97. The summed E-state index contributed by atoms with van der Waals surface area (Å²) in [4.78, 5) is 30.8. The predicted molar refractivity (Wildman–Crippen MR) is 147 cm³/mol. The molecule has 1 atom stereocenters. The highest BCUT2D eigenvalue weighted by Gasteiger charge is 2.20. The van der Waals surface area contributed by atoms with Crippen LogP contribution in [0.25, 0.3) is 32.4 Å². The maximum atomic E-state index is 14.3. The first-order valence-corrected chi connectivity index (χ1v) is 12.2. The number of aryl methyl sites for hydroxylation is 2. The first-order valence-electron chi connectivity index (χ1n) is 12.2. The number of nitrogens with one attached hydrogen (secondary N) is 1. The number of rotatable bonds is 6. The van der Waals surface area contributed by atoms with Crippen LogP contribution in [-0.2, 0) is 6.42 Å². The van der Waals surface area contributed by atoms with Gasteiger partial charge in [-0.1, -0.05) is 43.3 Å². The number of benzene rings is 2. The maximum Gasteiger partial charge on any atom is 0.263 e. The Kier molecular flexibility index (Phi) is 6.48. The molecule has 0 aliphatic rings. The van der Waals surface area contributed by atoms with Crippen LogP contribution in [0, 0.1) is 13.5 Å². The van der Waals surface area contributed by atoms with E-state index in [0.717, 1.165) is 40.0 Å². The fourth-order valence-corrected chi connectivity index (χ4v) is 4.55. The molecule has 0 bridgehead atoms. The van der Waals surface area contributed by atoms with Crippen molar-refractivity contribution in [2.75, 3.05) is 5.32 Å². The highest BCUT2D eigenvalue weighted by atomic mass is 16.1. The van der Waals surface area contributed by atoms with Gasteiger partial charge in [0.2, 0.25) is 5.69 Å². The van der Waals surface area contributed by atoms with E-state index in [0.29, 0.717) is 22.7 Å². The third-order valence-corrected chi connectivity index (χ3v) is 6.39. The van der Waals surface area contributed by atoms with Crippen LogP contribution >= 0.6 is 0 Å². The number of anilines is 1. The van der Waals surface area contributed by atoms with E-state index >= 15 is 0 Å². The lowest BCUT2D eigenvalue weighted by Gasteiger charge is -2.22. The Hall–Kier alpha value is -4.83. The summed E-state index contributed by atoms with van der Waals surface area (Å²) in [6.07, 6.45) is 4.12. The Morgan fingerprint density at radius 3 is 2.62 bits per heavy atom. The Morgan fingerprint density at radius 2 is 1.86 bits per heavy atom. The normalized spacial score (nSPS) is 11.7. The number of nitrogens with zero attached hydrogens (tertiary/aromatic N) is 5. The van der Waals surface area contributed by atoms with Crippen molar-refractivity contribution < 1.29 is 0 Å². The summed E-state index contributed by atoms with van der Waals surface area (Å²) in [5, 5.41) is 4.84. The summed E-state index contributed by atoms with van der Waals surface area (Å²) in [7, 11) is 0. The van der Waals surface area contributed by atoms with Crippen LogP contribution in [0.4, 0.5) is 11.5 Å². The number of aromatic nitrogens is 4. The molecular weight excluding hydrogens is 460 g/mol. The van der Waals surface area contributed by atoms with Gasteiger partial charge in [-0.25, -0.2) is 9.83 Å². The molecule has 1 N–H and O–H groups in total. The molecule has 37 heavy (non-hydrogen) atoms. The van der Waals surface area contributed by atoms with Crippen molar-refractivity contribution >= 4 is 22.3 Å². The first kappa shape index (κ1) is 23.9. The van der Waals surface area contributed by atoms with Crippen LogP contribution in [0.2, 0.25) is 0 Å². The third-order valence-electron chi connectivity index (χ3n) is 6.39. The Balaban J connectivity index is 1.74. The SMILES string of the molecule is [C-]#[N+]c1cnc(C)nc1N[C@@H](C)c1cc2cccc(-c3ccnc(CC)c3)c2c(=O)n1-c1ccccc1. The molecule has 7 nitrogen and oxygen atoms in total. The smallest absolute Gasteiger partial charge is 0.263 e. The highest BCUT2D eigenvalue weighted by molar-refractivity contribution is 5.96. The molecule has 5 rings (SSSR count). The predicted octanol–water partition coefficient (Wildman–Crippen LogP) is 6.44. The molecule has 3 heterocycles. The molecule has 0 unspecified atom stereocenters. The summed E-state index contributed by atoms with van der Waals surface area (Å²) in [5.41, 5.74) is 4.56. The molecule has 0 radical (unpaired) electrons. The van der Waals surface area contributed by atoms with Gasteiger partial charge in [0.25, 0.3) is 5.56 Å². The van der Waals surface area contributed by atoms with Gasteiger partial charge in [-0.15, -0.1) is 0 Å². The third kappa shape index (κ3) is 4.57. The van der Waals surface area contributed by atoms with Crippen LogP contribution in [0.3, 0.4) is 0 Å². The number of fused-ring (bicyclic) bond motifs is 1. The number of hydrogen-bond donors (Lipinski definition) is 1. The highest BCUT2D eigenvalue weighted by Crippen LogP contribution is 2.31. The fraction of sp³-hybridized carbons (Fsp3) is 0.167. The zero-order valence-electron chi connectivity index (χ0n) is 20.9. The molecule has 5 aromatic rings. The van der Waals surface area contributed by atoms with Crippen LogP contribution in [-0.4, -0.2) is 19.5 Å². The fourth-order valence-electron chi connectivity index (χ4n) is 4.55. The number of pyridine rings is 2. The van der Waals surface area contributed by atoms with Gasteiger partial charge in [-0.2, -0.15) is 0 Å². The molecule has 0 saturated heterocycles. The summed E-state index contributed by atoms with van der Waals surface area (Å²) in [6, 6.07) is 21.2. The van der Waals surface area contributed by atoms with Gasteiger partial charge in [-0.3, -0.25) is 19.3 Å². The van der Waals surface area contributed by atoms with Gasteiger partial charge in [0.05, 0.1) is 18.0 Å². The molecule has 2 aromatic carbocycles. The van der Waals surface area contributed by atoms with Crippen molar-refractivity contribution in [3.8, 4) is 16.8 Å². The number of para-hydroxylation sites is 1. The average molecular weight is 487 g/mol. The van der Waals surface area contributed by atoms with E-state index in [2.05, 4.69) is 32.0 Å². The van der Waals surface area contributed by atoms with E-state index in [9.17, 15) is 4.79 Å². The van der Waals surface area contributed by atoms with Gasteiger partial charge in [0, 0.05) is 29.5 Å². The topological polar surface area (TPSA) is 77.1 Å². The Labute approximate surface area is 215 Å². The van der Waals surface area contributed by atoms with Crippen LogP contribution in [0.15, 0.2) is 83.9 Å². The molecule has 0 amide bonds. The van der Waals surface area contributed by atoms with E-state index in [1.54, 1.807) is 17.7 Å². The van der Waals surface area contributed by atoms with Gasteiger partial charge < -0.3 is 5.32 Å². The van der Waals surface area contributed by atoms with Gasteiger partial charge in [0.15, 0.2) is 0 Å². The molecule has 0 spiro atoms. The van der Waals surface area contributed by atoms with Crippen molar-refractivity contribution in [3.05, 3.63) is 118 Å². The molecular formula is C30H26N6O. The molecule has 3 aromatic heterocycles. The van der Waals surface area contributed by atoms with E-state index in [-0.39, 0.29) is 11.6 Å². The molecule has 0 aliphatic carbocycles. The van der Waals surface area contributed by atoms with Crippen molar-refractivity contribution in [1.82, 2.24) is 19.5 Å². The van der Waals surface area contributed by atoms with Crippen molar-refractivity contribution in [3.63, 3.8) is 0 Å². The molecule has 0 aliphatic heterocycles. The van der Waals surface area contributed by atoms with Gasteiger partial charge in [-0.05, 0) is 67.1 Å². The Morgan fingerprint density at radius 1 is 1.05 bits per heavy atom. The maximum absolute atomic E-state index is 14.3. The van der Waals surface area contributed by atoms with Crippen LogP contribution in [0.5, 0.6) is 0 Å². The average Bonchev–Trinajstić information content (AvgIpc) is 2.93. The van der Waals surface area contributed by atoms with E-state index in [1.807, 2.05) is 73.7 Å². The van der Waals surface area contributed by atoms with Crippen LogP contribution in [0.1, 0.15) is 37.1 Å². The zero-order valence-corrected chi connectivity index (χ0v) is 20.9. The molecule has 0 fully saturated rings. The number of hydrogen-bond acceptors (Lipinski definition) is 5. The molecule has 182 valence electrons. The van der Waals surface area contributed by atoms with Crippen molar-refractivity contribution in [2.45, 2.75) is 33.2 Å². The second kappa shape index (κ2) is 10.0. The summed E-state index contributed by atoms with van der Waals surface area (Å²) < 4.78 is 1.75. The lowest BCUT2D eigenvalue weighted by molar-refractivity contribution is 0.772. The second-order valence-electron chi connectivity index (χ2n) is 8.83. The van der Waals surface area contributed by atoms with Crippen molar-refractivity contribution in [2.24, 2.45) is 0 Å². The minimum absolute atomic E-state index is 0.109. The monoisotopic (exact) mass is 486 g/mol.